The van der Waals surface area contributed by atoms with Crippen molar-refractivity contribution >= 4 is 0 Å². The van der Waals surface area contributed by atoms with E-state index in [9.17, 15) is 28.8 Å². The van der Waals surface area contributed by atoms with Crippen molar-refractivity contribution in [2.24, 2.45) is 0 Å². The van der Waals surface area contributed by atoms with Crippen molar-refractivity contribution in [3.63, 3.8) is 0 Å². The number of rotatable bonds is 2. The number of H-pyrrole nitrogens is 5. The van der Waals surface area contributed by atoms with Gasteiger partial charge in [0, 0.05) is 0 Å². The van der Waals surface area contributed by atoms with Gasteiger partial charge in [0.2, 0.25) is 0 Å². The molecule has 15 heteroatoms. The van der Waals surface area contributed by atoms with E-state index in [1.54, 1.807) is 15.0 Å². The molecule has 3 rings (SSSR count). The highest BCUT2D eigenvalue weighted by molar-refractivity contribution is 4.73. The highest BCUT2D eigenvalue weighted by Gasteiger charge is 2.17. The van der Waals surface area contributed by atoms with E-state index in [2.05, 4.69) is 0 Å². The molecule has 3 heterocycles. The van der Waals surface area contributed by atoms with Crippen LogP contribution in [0.3, 0.4) is 0 Å². The first-order valence-corrected chi connectivity index (χ1v) is 5.17. The summed E-state index contributed by atoms with van der Waals surface area (Å²) in [7, 11) is 0. The molecular weight excluding hydrogens is 294 g/mol. The lowest BCUT2D eigenvalue weighted by atomic mass is 11.2. The lowest BCUT2D eigenvalue weighted by molar-refractivity contribution is 0.314. The van der Waals surface area contributed by atoms with Crippen molar-refractivity contribution in [3.8, 4) is 0 Å². The lowest BCUT2D eigenvalue weighted by Gasteiger charge is -2.06. The first kappa shape index (κ1) is 12.3. The molecule has 0 amide bonds. The third-order valence-corrected chi connectivity index (χ3v) is 2.38. The number of aromatic amines is 5. The Hall–Kier alpha value is -3.78. The zero-order chi connectivity index (χ0) is 15.3. The van der Waals surface area contributed by atoms with Crippen molar-refractivity contribution in [2.75, 3.05) is 0 Å². The summed E-state index contributed by atoms with van der Waals surface area (Å²) in [4.78, 5) is 75.1. The molecule has 15 nitrogen and oxygen atoms in total. The van der Waals surface area contributed by atoms with Crippen molar-refractivity contribution in [2.45, 2.75) is 0 Å². The SMILES string of the molecule is O=c1[nH]c(=O)n(-n2c(=O)[nH]c(=O)n2-n2[nH]c(=O)[nH]c2=O)[nH]1. The standard InChI is InChI=1S/C6H5N9O6/c16-1-7-3(18)12(10-1)14-5(20)9-6(21)15(14)13-4(19)8-2(17)11-13/h(H,9,20,21)(H2,7,10,16,18)(H2,8,11,17,19). The van der Waals surface area contributed by atoms with Gasteiger partial charge in [0.05, 0.1) is 0 Å². The van der Waals surface area contributed by atoms with Gasteiger partial charge in [0.25, 0.3) is 0 Å². The van der Waals surface area contributed by atoms with Crippen LogP contribution in [-0.4, -0.2) is 44.3 Å². The Morgan fingerprint density at radius 3 is 1.19 bits per heavy atom. The average Bonchev–Trinajstić information content (AvgIpc) is 2.96. The molecule has 0 saturated carbocycles. The molecule has 0 aliphatic carbocycles. The predicted octanol–water partition coefficient (Wildman–Crippen LogP) is -5.68. The summed E-state index contributed by atoms with van der Waals surface area (Å²) in [6.45, 7) is 0. The second-order valence-corrected chi connectivity index (χ2v) is 3.68. The van der Waals surface area contributed by atoms with Gasteiger partial charge in [-0.3, -0.25) is 15.0 Å². The molecule has 5 N–H and O–H groups in total. The molecule has 3 aromatic rings. The molecule has 0 unspecified atom stereocenters. The van der Waals surface area contributed by atoms with E-state index >= 15 is 0 Å². The molecule has 0 fully saturated rings. The number of nitrogens with one attached hydrogen (secondary N) is 5. The fourth-order valence-electron chi connectivity index (χ4n) is 1.63. The van der Waals surface area contributed by atoms with E-state index in [1.807, 2.05) is 10.2 Å². The Labute approximate surface area is 108 Å². The Balaban J connectivity index is 2.49. The average molecular weight is 299 g/mol. The van der Waals surface area contributed by atoms with Crippen LogP contribution < -0.4 is 34.1 Å². The van der Waals surface area contributed by atoms with Crippen LogP contribution in [0, 0.1) is 0 Å². The monoisotopic (exact) mass is 299 g/mol. The molecule has 0 aliphatic rings. The summed E-state index contributed by atoms with van der Waals surface area (Å²) in [5.74, 6) is 0. The largest absolute Gasteiger partial charge is 0.367 e. The van der Waals surface area contributed by atoms with Gasteiger partial charge in [-0.2, -0.15) is 0 Å². The van der Waals surface area contributed by atoms with E-state index in [4.69, 9.17) is 0 Å². The van der Waals surface area contributed by atoms with Gasteiger partial charge >= 0.3 is 34.1 Å². The number of hydrogen-bond donors (Lipinski definition) is 5. The van der Waals surface area contributed by atoms with Crippen molar-refractivity contribution in [1.29, 1.82) is 0 Å². The maximum atomic E-state index is 11.7. The summed E-state index contributed by atoms with van der Waals surface area (Å²) < 4.78 is 0. The Bertz CT molecular complexity index is 1070. The van der Waals surface area contributed by atoms with Crippen LogP contribution in [0.1, 0.15) is 0 Å². The molecule has 110 valence electrons. The maximum Gasteiger partial charge on any atom is 0.367 e. The zero-order valence-electron chi connectivity index (χ0n) is 9.74. The summed E-state index contributed by atoms with van der Waals surface area (Å²) in [5, 5.41) is 3.82. The van der Waals surface area contributed by atoms with Crippen molar-refractivity contribution in [1.82, 2.24) is 44.3 Å². The van der Waals surface area contributed by atoms with Crippen LogP contribution in [0.5, 0.6) is 0 Å². The van der Waals surface area contributed by atoms with Gasteiger partial charge < -0.3 is 0 Å². The normalized spacial score (nSPS) is 11.0. The number of aromatic nitrogens is 9. The highest BCUT2D eigenvalue weighted by Crippen LogP contribution is 1.74. The first-order chi connectivity index (χ1) is 9.88. The minimum Gasteiger partial charge on any atom is -0.255 e. The van der Waals surface area contributed by atoms with E-state index in [0.717, 1.165) is 0 Å². The van der Waals surface area contributed by atoms with E-state index in [1.165, 1.54) is 0 Å². The lowest BCUT2D eigenvalue weighted by Crippen LogP contribution is -2.44. The third kappa shape index (κ3) is 1.68. The minimum absolute atomic E-state index is 0.299. The Kier molecular flexibility index (Phi) is 2.25. The second kappa shape index (κ2) is 3.85. The molecule has 0 atom stereocenters. The first-order valence-electron chi connectivity index (χ1n) is 5.17. The minimum atomic E-state index is -1.15. The van der Waals surface area contributed by atoms with Crippen LogP contribution in [0.2, 0.25) is 0 Å². The molecule has 0 aromatic carbocycles. The smallest absolute Gasteiger partial charge is 0.255 e. The van der Waals surface area contributed by atoms with E-state index in [0.29, 0.717) is 19.2 Å². The van der Waals surface area contributed by atoms with Crippen LogP contribution in [0.15, 0.2) is 28.8 Å². The molecule has 3 aromatic heterocycles. The van der Waals surface area contributed by atoms with Gasteiger partial charge in [-0.15, -0.1) is 9.58 Å². The summed E-state index contributed by atoms with van der Waals surface area (Å²) >= 11 is 0. The van der Waals surface area contributed by atoms with Gasteiger partial charge in [0.1, 0.15) is 0 Å². The fraction of sp³-hybridized carbons (Fsp3) is 0. The molecule has 0 saturated heterocycles. The number of nitrogens with zero attached hydrogens (tertiary/aromatic N) is 4. The molecule has 0 bridgehead atoms. The number of hydrogen-bond acceptors (Lipinski definition) is 6. The maximum absolute atomic E-state index is 11.7. The molecule has 0 aliphatic heterocycles. The van der Waals surface area contributed by atoms with Gasteiger partial charge in [-0.1, -0.05) is 9.58 Å². The third-order valence-electron chi connectivity index (χ3n) is 2.38. The van der Waals surface area contributed by atoms with Gasteiger partial charge in [-0.25, -0.2) is 39.0 Å². The Morgan fingerprint density at radius 2 is 0.905 bits per heavy atom. The molecule has 21 heavy (non-hydrogen) atoms. The summed E-state index contributed by atoms with van der Waals surface area (Å²) in [5.41, 5.74) is -6.37. The van der Waals surface area contributed by atoms with Crippen LogP contribution >= 0.6 is 0 Å². The second-order valence-electron chi connectivity index (χ2n) is 3.68. The summed E-state index contributed by atoms with van der Waals surface area (Å²) in [6, 6.07) is 0. The van der Waals surface area contributed by atoms with E-state index < -0.39 is 34.1 Å². The van der Waals surface area contributed by atoms with Crippen LogP contribution in [0.4, 0.5) is 0 Å². The van der Waals surface area contributed by atoms with Crippen molar-refractivity contribution < 1.29 is 0 Å². The molecule has 0 spiro atoms. The summed E-state index contributed by atoms with van der Waals surface area (Å²) in [6.07, 6.45) is 0. The highest BCUT2D eigenvalue weighted by atomic mass is 16.2. The van der Waals surface area contributed by atoms with Crippen molar-refractivity contribution in [3.05, 3.63) is 62.9 Å². The van der Waals surface area contributed by atoms with Crippen LogP contribution in [0.25, 0.3) is 0 Å². The van der Waals surface area contributed by atoms with Gasteiger partial charge in [-0.05, 0) is 0 Å². The fourth-order valence-corrected chi connectivity index (χ4v) is 1.63. The topological polar surface area (TPSA) is 201 Å². The van der Waals surface area contributed by atoms with Crippen LogP contribution in [-0.2, 0) is 0 Å². The zero-order valence-corrected chi connectivity index (χ0v) is 9.74. The predicted molar refractivity (Wildman–Crippen MR) is 62.3 cm³/mol. The quantitative estimate of drug-likeness (QED) is 0.312. The molecule has 0 radical (unpaired) electrons. The Morgan fingerprint density at radius 1 is 0.524 bits per heavy atom. The molecular formula is C6H5N9O6. The van der Waals surface area contributed by atoms with Gasteiger partial charge in [0.15, 0.2) is 0 Å². The van der Waals surface area contributed by atoms with E-state index in [-0.39, 0.29) is 0 Å².